The van der Waals surface area contributed by atoms with Gasteiger partial charge < -0.3 is 9.47 Å². The maximum absolute atomic E-state index is 13.6. The van der Waals surface area contributed by atoms with Gasteiger partial charge in [-0.3, -0.25) is 9.59 Å². The molecular formula is C43H60ClN3O4. The number of ether oxygens (including phenoxy) is 2. The molecule has 51 heavy (non-hydrogen) atoms. The topological polar surface area (TPSA) is 83.3 Å². The Kier molecular flexibility index (Phi) is 9.16. The second-order valence-electron chi connectivity index (χ2n) is 19.2. The van der Waals surface area contributed by atoms with Gasteiger partial charge in [0, 0.05) is 23.1 Å². The third-order valence-electron chi connectivity index (χ3n) is 15.9. The lowest BCUT2D eigenvalue weighted by molar-refractivity contribution is -0.214. The van der Waals surface area contributed by atoms with E-state index in [4.69, 9.17) is 21.1 Å². The molecule has 5 aliphatic rings. The number of halogens is 1. The van der Waals surface area contributed by atoms with Gasteiger partial charge in [-0.1, -0.05) is 89.1 Å². The maximum atomic E-state index is 13.6. The van der Waals surface area contributed by atoms with Gasteiger partial charge in [-0.2, -0.15) is 0 Å². The number of methoxy groups -OCH3 is 1. The van der Waals surface area contributed by atoms with E-state index < -0.39 is 0 Å². The van der Waals surface area contributed by atoms with E-state index in [0.717, 1.165) is 69.0 Å². The zero-order valence-corrected chi connectivity index (χ0v) is 33.1. The predicted octanol–water partition coefficient (Wildman–Crippen LogP) is 9.80. The number of hydrogen-bond donors (Lipinski definition) is 0. The minimum atomic E-state index is -0.377. The van der Waals surface area contributed by atoms with E-state index in [1.165, 1.54) is 6.42 Å². The van der Waals surface area contributed by atoms with Gasteiger partial charge in [0.2, 0.25) is 0 Å². The summed E-state index contributed by atoms with van der Waals surface area (Å²) >= 11 is 6.03. The van der Waals surface area contributed by atoms with Crippen LogP contribution in [0.4, 0.5) is 0 Å². The SMILES string of the molecule is COC(=O)[C@]12CCC(C)(C)C[C@H]1C1=CC[C@@H]3[C@@]4(C)CC[C@H](OC(=O)CCc5cn(Cc6ccc(Cl)cc6)nn5)C(C)(C)[C@@H]4CC[C@@]3(C)[C@]1(C)CC2. The number of rotatable bonds is 7. The highest BCUT2D eigenvalue weighted by Crippen LogP contribution is 2.76. The van der Waals surface area contributed by atoms with Gasteiger partial charge in [0.1, 0.15) is 6.10 Å². The van der Waals surface area contributed by atoms with E-state index in [1.807, 2.05) is 30.5 Å². The molecule has 278 valence electrons. The Bertz CT molecular complexity index is 1700. The van der Waals surface area contributed by atoms with Crippen LogP contribution in [-0.4, -0.2) is 40.1 Å². The van der Waals surface area contributed by atoms with Gasteiger partial charge in [-0.05, 0) is 121 Å². The van der Waals surface area contributed by atoms with Crippen LogP contribution in [0.25, 0.3) is 0 Å². The van der Waals surface area contributed by atoms with Crippen LogP contribution < -0.4 is 0 Å². The fraction of sp³-hybridized carbons (Fsp3) is 0.721. The average Bonchev–Trinajstić information content (AvgIpc) is 3.53. The molecule has 1 heterocycles. The van der Waals surface area contributed by atoms with E-state index >= 15 is 0 Å². The highest BCUT2D eigenvalue weighted by Gasteiger charge is 2.69. The first kappa shape index (κ1) is 36.7. The monoisotopic (exact) mass is 717 g/mol. The van der Waals surface area contributed by atoms with Gasteiger partial charge in [0.15, 0.2) is 0 Å². The Morgan fingerprint density at radius 3 is 2.37 bits per heavy atom. The van der Waals surface area contributed by atoms with Crippen molar-refractivity contribution in [1.29, 1.82) is 0 Å². The summed E-state index contributed by atoms with van der Waals surface area (Å²) in [6.45, 7) is 17.8. The first-order valence-corrected chi connectivity index (χ1v) is 20.0. The summed E-state index contributed by atoms with van der Waals surface area (Å²) in [4.78, 5) is 26.9. The molecule has 7 rings (SSSR count). The second-order valence-corrected chi connectivity index (χ2v) is 19.7. The van der Waals surface area contributed by atoms with E-state index in [1.54, 1.807) is 17.4 Å². The Hall–Kier alpha value is -2.67. The molecule has 0 radical (unpaired) electrons. The molecule has 0 bridgehead atoms. The lowest BCUT2D eigenvalue weighted by Gasteiger charge is -2.71. The van der Waals surface area contributed by atoms with E-state index in [2.05, 4.69) is 64.9 Å². The molecular weight excluding hydrogens is 658 g/mol. The van der Waals surface area contributed by atoms with Crippen LogP contribution in [-0.2, 0) is 32.0 Å². The number of carbonyl (C=O) groups excluding carboxylic acids is 2. The summed E-state index contributed by atoms with van der Waals surface area (Å²) in [5, 5.41) is 9.30. The highest BCUT2D eigenvalue weighted by molar-refractivity contribution is 6.30. The number of esters is 2. The van der Waals surface area contributed by atoms with Gasteiger partial charge >= 0.3 is 11.9 Å². The fourth-order valence-corrected chi connectivity index (χ4v) is 12.9. The molecule has 0 amide bonds. The molecule has 4 fully saturated rings. The van der Waals surface area contributed by atoms with Gasteiger partial charge in [0.05, 0.1) is 31.2 Å². The normalized spacial score (nSPS) is 37.9. The third-order valence-corrected chi connectivity index (χ3v) is 16.1. The van der Waals surface area contributed by atoms with Crippen molar-refractivity contribution in [2.45, 2.75) is 138 Å². The zero-order valence-electron chi connectivity index (χ0n) is 32.3. The molecule has 0 saturated heterocycles. The van der Waals surface area contributed by atoms with Crippen LogP contribution in [0, 0.1) is 50.2 Å². The summed E-state index contributed by atoms with van der Waals surface area (Å²) in [7, 11) is 1.59. The number of fused-ring (bicyclic) bond motifs is 7. The van der Waals surface area contributed by atoms with Crippen molar-refractivity contribution in [3.63, 3.8) is 0 Å². The van der Waals surface area contributed by atoms with E-state index in [0.29, 0.717) is 36.2 Å². The Labute approximate surface area is 310 Å². The quantitative estimate of drug-likeness (QED) is 0.210. The third kappa shape index (κ3) is 5.91. The highest BCUT2D eigenvalue weighted by atomic mass is 35.5. The van der Waals surface area contributed by atoms with Crippen LogP contribution in [0.5, 0.6) is 0 Å². The number of nitrogens with zero attached hydrogens (tertiary/aromatic N) is 3. The van der Waals surface area contributed by atoms with Crippen molar-refractivity contribution in [2.24, 2.45) is 50.2 Å². The Morgan fingerprint density at radius 2 is 1.65 bits per heavy atom. The van der Waals surface area contributed by atoms with Crippen molar-refractivity contribution in [3.8, 4) is 0 Å². The van der Waals surface area contributed by atoms with Crippen molar-refractivity contribution >= 4 is 23.5 Å². The van der Waals surface area contributed by atoms with E-state index in [9.17, 15) is 9.59 Å². The van der Waals surface area contributed by atoms with Crippen LogP contribution >= 0.6 is 11.6 Å². The average molecular weight is 718 g/mol. The van der Waals surface area contributed by atoms with Crippen LogP contribution in [0.1, 0.15) is 130 Å². The lowest BCUT2D eigenvalue weighted by Crippen LogP contribution is -2.65. The molecule has 0 unspecified atom stereocenters. The Morgan fingerprint density at radius 1 is 0.922 bits per heavy atom. The van der Waals surface area contributed by atoms with Gasteiger partial charge in [-0.25, -0.2) is 4.68 Å². The number of benzene rings is 1. The molecule has 0 aliphatic heterocycles. The predicted molar refractivity (Wildman–Crippen MR) is 200 cm³/mol. The van der Waals surface area contributed by atoms with E-state index in [-0.39, 0.29) is 56.5 Å². The minimum Gasteiger partial charge on any atom is -0.469 e. The molecule has 0 N–H and O–H groups in total. The Balaban J connectivity index is 1.05. The molecule has 8 atom stereocenters. The van der Waals surface area contributed by atoms with Crippen molar-refractivity contribution < 1.29 is 19.1 Å². The molecule has 5 aliphatic carbocycles. The smallest absolute Gasteiger partial charge is 0.312 e. The van der Waals surface area contributed by atoms with Gasteiger partial charge in [-0.15, -0.1) is 5.10 Å². The van der Waals surface area contributed by atoms with Crippen LogP contribution in [0.15, 0.2) is 42.1 Å². The van der Waals surface area contributed by atoms with Crippen molar-refractivity contribution in [3.05, 3.63) is 58.4 Å². The number of aromatic nitrogens is 3. The number of hydrogen-bond acceptors (Lipinski definition) is 6. The number of aryl methyl sites for hydroxylation is 1. The summed E-state index contributed by atoms with van der Waals surface area (Å²) in [5.41, 5.74) is 3.53. The second kappa shape index (κ2) is 12.7. The summed E-state index contributed by atoms with van der Waals surface area (Å²) < 4.78 is 13.7. The van der Waals surface area contributed by atoms with Crippen molar-refractivity contribution in [1.82, 2.24) is 15.0 Å². The largest absolute Gasteiger partial charge is 0.469 e. The lowest BCUT2D eigenvalue weighted by atomic mass is 9.33. The molecule has 8 heteroatoms. The fourth-order valence-electron chi connectivity index (χ4n) is 12.8. The first-order valence-electron chi connectivity index (χ1n) is 19.6. The van der Waals surface area contributed by atoms with Crippen LogP contribution in [0.2, 0.25) is 5.02 Å². The molecule has 1 aromatic carbocycles. The van der Waals surface area contributed by atoms with Crippen LogP contribution in [0.3, 0.4) is 0 Å². The number of carbonyl (C=O) groups is 2. The summed E-state index contributed by atoms with van der Waals surface area (Å²) in [6, 6.07) is 7.71. The summed E-state index contributed by atoms with van der Waals surface area (Å²) in [5.74, 6) is 1.15. The first-order chi connectivity index (χ1) is 24.0. The standard InChI is InChI=1S/C43H60ClN3O4/c1-38(2)21-23-43(37(49)50-8)24-22-41(6)31(32(43)25-38)14-15-34-40(5)19-18-35(39(3,4)33(40)17-20-42(34,41)7)51-36(48)16-13-30-27-47(46-45-30)26-28-9-11-29(44)12-10-28/h9-12,14,27,32-35H,13,15-26H2,1-8H3/t32-,33-,34+,35-,40-,41+,42+,43-/m0/s1. The maximum Gasteiger partial charge on any atom is 0.312 e. The van der Waals surface area contributed by atoms with Crippen molar-refractivity contribution in [2.75, 3.05) is 7.11 Å². The zero-order chi connectivity index (χ0) is 36.6. The molecule has 0 spiro atoms. The molecule has 4 saturated carbocycles. The molecule has 1 aromatic heterocycles. The minimum absolute atomic E-state index is 0.0176. The summed E-state index contributed by atoms with van der Waals surface area (Å²) in [6.07, 6.45) is 15.6. The number of allylic oxidation sites excluding steroid dienone is 2. The molecule has 7 nitrogen and oxygen atoms in total. The molecule has 2 aromatic rings. The van der Waals surface area contributed by atoms with Gasteiger partial charge in [0.25, 0.3) is 0 Å².